The van der Waals surface area contributed by atoms with Gasteiger partial charge in [0, 0.05) is 6.42 Å². The van der Waals surface area contributed by atoms with Crippen molar-refractivity contribution in [2.75, 3.05) is 5.75 Å². The largest absolute Gasteiger partial charge is 0.481 e. The number of carbonyl (C=O) groups is 1. The minimum absolute atomic E-state index is 0. The van der Waals surface area contributed by atoms with Crippen LogP contribution in [0.4, 0.5) is 0 Å². The number of carboxylic acid groups (broad SMARTS) is 1. The fraction of sp³-hybridized carbons (Fsp3) is 0.857. The highest BCUT2D eigenvalue weighted by Crippen LogP contribution is 1.99. The molecule has 0 amide bonds. The highest BCUT2D eigenvalue weighted by molar-refractivity contribution is 7.80. The Balaban J connectivity index is 0. The molecule has 0 heterocycles. The van der Waals surface area contributed by atoms with Gasteiger partial charge in [-0.2, -0.15) is 12.6 Å². The highest BCUT2D eigenvalue weighted by Gasteiger charge is 1.94. The quantitative estimate of drug-likeness (QED) is 0.483. The summed E-state index contributed by atoms with van der Waals surface area (Å²) in [5.74, 6) is 0.161. The van der Waals surface area contributed by atoms with Gasteiger partial charge < -0.3 is 5.11 Å². The Morgan fingerprint density at radius 3 is 2.30 bits per heavy atom. The van der Waals surface area contributed by atoms with E-state index < -0.39 is 5.97 Å². The lowest BCUT2D eigenvalue weighted by molar-refractivity contribution is -0.137. The van der Waals surface area contributed by atoms with Crippen LogP contribution < -0.4 is 0 Å². The zero-order chi connectivity index (χ0) is 7.11. The molecule has 0 aliphatic heterocycles. The summed E-state index contributed by atoms with van der Waals surface area (Å²) in [7, 11) is 0. The SMILES string of the molecule is C.O=C(O)CCCCCS. The van der Waals surface area contributed by atoms with Crippen LogP contribution in [0.2, 0.25) is 0 Å². The molecule has 0 radical (unpaired) electrons. The first-order chi connectivity index (χ1) is 4.27. The second kappa shape index (κ2) is 8.82. The summed E-state index contributed by atoms with van der Waals surface area (Å²) in [6.45, 7) is 0. The molecule has 0 aliphatic carbocycles. The van der Waals surface area contributed by atoms with Crippen molar-refractivity contribution in [1.29, 1.82) is 0 Å². The summed E-state index contributed by atoms with van der Waals surface area (Å²) in [5.41, 5.74) is 0. The van der Waals surface area contributed by atoms with E-state index in [1.807, 2.05) is 0 Å². The summed E-state index contributed by atoms with van der Waals surface area (Å²) in [4.78, 5) is 9.94. The van der Waals surface area contributed by atoms with Crippen molar-refractivity contribution in [2.24, 2.45) is 0 Å². The molecule has 0 unspecified atom stereocenters. The Morgan fingerprint density at radius 2 is 1.90 bits per heavy atom. The zero-order valence-electron chi connectivity index (χ0n) is 5.34. The van der Waals surface area contributed by atoms with Gasteiger partial charge in [0.25, 0.3) is 0 Å². The standard InChI is InChI=1S/C6H12O2S.CH4/c7-6(8)4-2-1-3-5-9;/h9H,1-5H2,(H,7,8);1H4. The van der Waals surface area contributed by atoms with Crippen LogP contribution in [-0.4, -0.2) is 16.8 Å². The van der Waals surface area contributed by atoms with E-state index in [-0.39, 0.29) is 7.43 Å². The van der Waals surface area contributed by atoms with Gasteiger partial charge in [-0.05, 0) is 18.6 Å². The van der Waals surface area contributed by atoms with Gasteiger partial charge in [-0.3, -0.25) is 4.79 Å². The summed E-state index contributed by atoms with van der Waals surface area (Å²) in [5, 5.41) is 8.19. The third-order valence-electron chi connectivity index (χ3n) is 1.05. The summed E-state index contributed by atoms with van der Waals surface area (Å²) in [6, 6.07) is 0. The lowest BCUT2D eigenvalue weighted by Crippen LogP contribution is -1.93. The first kappa shape index (κ1) is 12.5. The van der Waals surface area contributed by atoms with Gasteiger partial charge in [0.05, 0.1) is 0 Å². The summed E-state index contributed by atoms with van der Waals surface area (Å²) < 4.78 is 0. The van der Waals surface area contributed by atoms with Crippen LogP contribution in [0, 0.1) is 0 Å². The van der Waals surface area contributed by atoms with Crippen molar-refractivity contribution in [3.8, 4) is 0 Å². The third kappa shape index (κ3) is 10.7. The van der Waals surface area contributed by atoms with E-state index in [9.17, 15) is 4.79 Å². The number of carboxylic acids is 1. The minimum Gasteiger partial charge on any atom is -0.481 e. The normalized spacial score (nSPS) is 8.50. The van der Waals surface area contributed by atoms with E-state index in [2.05, 4.69) is 12.6 Å². The van der Waals surface area contributed by atoms with Crippen molar-refractivity contribution in [3.63, 3.8) is 0 Å². The summed E-state index contributed by atoms with van der Waals surface area (Å²) in [6.07, 6.45) is 3.09. The molecule has 10 heavy (non-hydrogen) atoms. The maximum absolute atomic E-state index is 9.94. The molecule has 0 aliphatic rings. The van der Waals surface area contributed by atoms with E-state index in [4.69, 9.17) is 5.11 Å². The Labute approximate surface area is 68.0 Å². The average Bonchev–Trinajstić information content (AvgIpc) is 1.80. The number of thiol groups is 1. The molecule has 2 nitrogen and oxygen atoms in total. The maximum atomic E-state index is 9.94. The number of aliphatic carboxylic acids is 1. The summed E-state index contributed by atoms with van der Waals surface area (Å²) >= 11 is 4.00. The van der Waals surface area contributed by atoms with E-state index >= 15 is 0 Å². The molecule has 0 spiro atoms. The number of unbranched alkanes of at least 4 members (excludes halogenated alkanes) is 2. The molecule has 0 aromatic rings. The Kier molecular flexibility index (Phi) is 11.0. The molecule has 0 bridgehead atoms. The topological polar surface area (TPSA) is 37.3 Å². The maximum Gasteiger partial charge on any atom is 0.303 e. The van der Waals surface area contributed by atoms with E-state index in [1.54, 1.807) is 0 Å². The molecule has 0 fully saturated rings. The van der Waals surface area contributed by atoms with E-state index in [0.717, 1.165) is 25.0 Å². The molecule has 0 saturated heterocycles. The smallest absolute Gasteiger partial charge is 0.303 e. The lowest BCUT2D eigenvalue weighted by Gasteiger charge is -1.92. The third-order valence-corrected chi connectivity index (χ3v) is 1.36. The van der Waals surface area contributed by atoms with Crippen LogP contribution in [0.1, 0.15) is 33.1 Å². The predicted molar refractivity (Wildman–Crippen MR) is 46.7 cm³/mol. The van der Waals surface area contributed by atoms with Gasteiger partial charge in [-0.1, -0.05) is 13.8 Å². The van der Waals surface area contributed by atoms with Crippen molar-refractivity contribution in [1.82, 2.24) is 0 Å². The second-order valence-corrected chi connectivity index (χ2v) is 2.38. The Morgan fingerprint density at radius 1 is 1.30 bits per heavy atom. The van der Waals surface area contributed by atoms with Crippen LogP contribution >= 0.6 is 12.6 Å². The molecule has 62 valence electrons. The van der Waals surface area contributed by atoms with Gasteiger partial charge in [0.15, 0.2) is 0 Å². The Hall–Kier alpha value is -0.180. The van der Waals surface area contributed by atoms with Gasteiger partial charge in [-0.25, -0.2) is 0 Å². The van der Waals surface area contributed by atoms with Crippen LogP contribution in [0.15, 0.2) is 0 Å². The molecular weight excluding hydrogens is 148 g/mol. The first-order valence-electron chi connectivity index (χ1n) is 3.10. The minimum atomic E-state index is -0.700. The van der Waals surface area contributed by atoms with E-state index in [0.29, 0.717) is 6.42 Å². The molecule has 0 aromatic carbocycles. The zero-order valence-corrected chi connectivity index (χ0v) is 6.23. The van der Waals surface area contributed by atoms with Gasteiger partial charge in [0.2, 0.25) is 0 Å². The fourth-order valence-corrected chi connectivity index (χ4v) is 0.788. The monoisotopic (exact) mass is 164 g/mol. The molecule has 0 saturated carbocycles. The Bertz CT molecular complexity index is 83.7. The van der Waals surface area contributed by atoms with Crippen molar-refractivity contribution in [2.45, 2.75) is 33.1 Å². The van der Waals surface area contributed by atoms with Gasteiger partial charge in [-0.15, -0.1) is 0 Å². The number of hydrogen-bond donors (Lipinski definition) is 2. The molecule has 0 rings (SSSR count). The van der Waals surface area contributed by atoms with Crippen LogP contribution in [0.25, 0.3) is 0 Å². The molecule has 0 aromatic heterocycles. The van der Waals surface area contributed by atoms with Crippen LogP contribution in [-0.2, 0) is 4.79 Å². The van der Waals surface area contributed by atoms with Gasteiger partial charge >= 0.3 is 5.97 Å². The lowest BCUT2D eigenvalue weighted by atomic mass is 10.2. The van der Waals surface area contributed by atoms with E-state index in [1.165, 1.54) is 0 Å². The average molecular weight is 164 g/mol. The van der Waals surface area contributed by atoms with Gasteiger partial charge in [0.1, 0.15) is 0 Å². The predicted octanol–water partition coefficient (Wildman–Crippen LogP) is 2.20. The molecule has 0 atom stereocenters. The molecular formula is C7H16O2S. The number of hydrogen-bond acceptors (Lipinski definition) is 2. The second-order valence-electron chi connectivity index (χ2n) is 1.93. The molecule has 1 N–H and O–H groups in total. The fourth-order valence-electron chi connectivity index (χ4n) is 0.565. The van der Waals surface area contributed by atoms with Crippen molar-refractivity contribution >= 4 is 18.6 Å². The molecule has 3 heteroatoms. The van der Waals surface area contributed by atoms with Crippen LogP contribution in [0.5, 0.6) is 0 Å². The highest BCUT2D eigenvalue weighted by atomic mass is 32.1. The van der Waals surface area contributed by atoms with Crippen molar-refractivity contribution in [3.05, 3.63) is 0 Å². The number of rotatable bonds is 5. The van der Waals surface area contributed by atoms with Crippen molar-refractivity contribution < 1.29 is 9.90 Å². The van der Waals surface area contributed by atoms with Crippen LogP contribution in [0.3, 0.4) is 0 Å². The first-order valence-corrected chi connectivity index (χ1v) is 3.73.